The van der Waals surface area contributed by atoms with Gasteiger partial charge in [0.05, 0.1) is 18.2 Å². The molecule has 0 radical (unpaired) electrons. The molecule has 1 aliphatic carbocycles. The van der Waals surface area contributed by atoms with Gasteiger partial charge >= 0.3 is 5.69 Å². The van der Waals surface area contributed by atoms with Crippen LogP contribution in [0.3, 0.4) is 0 Å². The normalized spacial score (nSPS) is 18.7. The van der Waals surface area contributed by atoms with Crippen molar-refractivity contribution in [2.24, 2.45) is 5.92 Å². The molecule has 2 heterocycles. The van der Waals surface area contributed by atoms with Crippen molar-refractivity contribution < 1.29 is 14.9 Å². The largest absolute Gasteiger partial charge is 0.492 e. The van der Waals surface area contributed by atoms with Gasteiger partial charge in [0.15, 0.2) is 12.0 Å². The number of nitrogens with one attached hydrogen (secondary N) is 1. The van der Waals surface area contributed by atoms with Crippen molar-refractivity contribution in [1.82, 2.24) is 9.55 Å². The molecule has 8 nitrogen and oxygen atoms in total. The predicted octanol–water partition coefficient (Wildman–Crippen LogP) is 0.560. The summed E-state index contributed by atoms with van der Waals surface area (Å²) in [5.74, 6) is 0.394. The van der Waals surface area contributed by atoms with Crippen LogP contribution >= 0.6 is 0 Å². The molecular weight excluding hydrogens is 338 g/mol. The molecule has 0 amide bonds. The number of hydrogen-bond donors (Lipinski definition) is 3. The van der Waals surface area contributed by atoms with Crippen LogP contribution in [0, 0.1) is 5.92 Å². The second-order valence-electron chi connectivity index (χ2n) is 7.11. The first-order valence-corrected chi connectivity index (χ1v) is 8.98. The average Bonchev–Trinajstić information content (AvgIpc) is 3.45. The maximum Gasteiger partial charge on any atom is 0.329 e. The van der Waals surface area contributed by atoms with E-state index in [0.717, 1.165) is 18.5 Å². The second kappa shape index (κ2) is 6.44. The maximum atomic E-state index is 12.4. The number of aliphatic hydroxyl groups is 2. The monoisotopic (exact) mass is 361 g/mol. The number of aromatic nitrogens is 2. The van der Waals surface area contributed by atoms with Gasteiger partial charge < -0.3 is 19.8 Å². The van der Waals surface area contributed by atoms with Crippen LogP contribution in [0.15, 0.2) is 21.7 Å². The molecule has 0 unspecified atom stereocenters. The number of H-pyrrole nitrogens is 1. The van der Waals surface area contributed by atoms with Crippen LogP contribution in [-0.4, -0.2) is 46.3 Å². The highest BCUT2D eigenvalue weighted by Crippen LogP contribution is 2.41. The molecule has 0 spiro atoms. The lowest BCUT2D eigenvalue weighted by atomic mass is 9.95. The molecule has 26 heavy (non-hydrogen) atoms. The molecule has 3 N–H and O–H groups in total. The van der Waals surface area contributed by atoms with E-state index in [1.54, 1.807) is 17.7 Å². The summed E-state index contributed by atoms with van der Waals surface area (Å²) in [5.41, 5.74) is 0.562. The van der Waals surface area contributed by atoms with Gasteiger partial charge in [-0.05, 0) is 37.8 Å². The molecular formula is C18H23N3O5. The standard InChI is InChI=1S/C18H23N3O5/c1-26-15-13(20-8-6-10(7-9-20)17(23)24)5-4-12-14(15)21(11-2-3-11)18(25)19-16(12)22/h4-5,10-11,17,23-24H,2-3,6-9H2,1H3,(H,19,22,25). The van der Waals surface area contributed by atoms with Gasteiger partial charge in [0.25, 0.3) is 5.56 Å². The molecule has 2 fully saturated rings. The number of rotatable bonds is 4. The van der Waals surface area contributed by atoms with Crippen LogP contribution in [-0.2, 0) is 0 Å². The third kappa shape index (κ3) is 2.79. The third-order valence-electron chi connectivity index (χ3n) is 5.45. The van der Waals surface area contributed by atoms with Gasteiger partial charge in [0.1, 0.15) is 5.52 Å². The summed E-state index contributed by atoms with van der Waals surface area (Å²) < 4.78 is 7.30. The molecule has 4 rings (SSSR count). The minimum Gasteiger partial charge on any atom is -0.492 e. The Morgan fingerprint density at radius 2 is 1.85 bits per heavy atom. The molecule has 1 saturated heterocycles. The van der Waals surface area contributed by atoms with E-state index >= 15 is 0 Å². The zero-order valence-electron chi connectivity index (χ0n) is 14.6. The van der Waals surface area contributed by atoms with E-state index in [9.17, 15) is 19.8 Å². The van der Waals surface area contributed by atoms with E-state index in [2.05, 4.69) is 9.88 Å². The first-order valence-electron chi connectivity index (χ1n) is 8.98. The summed E-state index contributed by atoms with van der Waals surface area (Å²) in [6.45, 7) is 1.31. The van der Waals surface area contributed by atoms with Crippen molar-refractivity contribution in [2.75, 3.05) is 25.1 Å². The summed E-state index contributed by atoms with van der Waals surface area (Å²) in [6, 6.07) is 3.67. The molecule has 0 atom stereocenters. The zero-order chi connectivity index (χ0) is 18.4. The lowest BCUT2D eigenvalue weighted by Gasteiger charge is -2.35. The Hall–Kier alpha value is -2.32. The Bertz CT molecular complexity index is 936. The SMILES string of the molecule is COc1c(N2CCC(C(O)O)CC2)ccc2c(=O)[nH]c(=O)n(C3CC3)c12. The Labute approximate surface area is 149 Å². The van der Waals surface area contributed by atoms with Gasteiger partial charge in [-0.3, -0.25) is 14.3 Å². The van der Waals surface area contributed by atoms with Crippen molar-refractivity contribution in [3.8, 4) is 5.75 Å². The van der Waals surface area contributed by atoms with Crippen LogP contribution < -0.4 is 20.9 Å². The number of piperidine rings is 1. The number of aliphatic hydroxyl groups excluding tert-OH is 1. The van der Waals surface area contributed by atoms with Crippen LogP contribution in [0.2, 0.25) is 0 Å². The third-order valence-corrected chi connectivity index (χ3v) is 5.45. The van der Waals surface area contributed by atoms with E-state index in [4.69, 9.17) is 4.74 Å². The van der Waals surface area contributed by atoms with Gasteiger partial charge in [-0.2, -0.15) is 0 Å². The molecule has 0 bridgehead atoms. The van der Waals surface area contributed by atoms with Crippen LogP contribution in [0.1, 0.15) is 31.7 Å². The summed E-state index contributed by atoms with van der Waals surface area (Å²) in [5, 5.41) is 19.2. The van der Waals surface area contributed by atoms with E-state index in [1.807, 2.05) is 6.07 Å². The highest BCUT2D eigenvalue weighted by Gasteiger charge is 2.31. The van der Waals surface area contributed by atoms with E-state index < -0.39 is 17.5 Å². The number of fused-ring (bicyclic) bond motifs is 1. The predicted molar refractivity (Wildman–Crippen MR) is 96.8 cm³/mol. The highest BCUT2D eigenvalue weighted by atomic mass is 16.5. The van der Waals surface area contributed by atoms with Crippen LogP contribution in [0.25, 0.3) is 10.9 Å². The summed E-state index contributed by atoms with van der Waals surface area (Å²) >= 11 is 0. The quantitative estimate of drug-likeness (QED) is 0.687. The average molecular weight is 361 g/mol. The number of benzene rings is 1. The number of ether oxygens (including phenoxy) is 1. The van der Waals surface area contributed by atoms with Crippen molar-refractivity contribution in [3.63, 3.8) is 0 Å². The summed E-state index contributed by atoms with van der Waals surface area (Å²) in [6.07, 6.45) is 1.84. The van der Waals surface area contributed by atoms with E-state index in [-0.39, 0.29) is 12.0 Å². The van der Waals surface area contributed by atoms with Gasteiger partial charge in [0, 0.05) is 25.0 Å². The van der Waals surface area contributed by atoms with E-state index in [0.29, 0.717) is 42.6 Å². The topological polar surface area (TPSA) is 108 Å². The molecule has 2 aromatic rings. The number of hydrogen-bond acceptors (Lipinski definition) is 6. The summed E-state index contributed by atoms with van der Waals surface area (Å²) in [4.78, 5) is 29.2. The minimum atomic E-state index is -1.30. The van der Waals surface area contributed by atoms with Crippen molar-refractivity contribution >= 4 is 16.6 Å². The van der Waals surface area contributed by atoms with Crippen molar-refractivity contribution in [3.05, 3.63) is 33.0 Å². The zero-order valence-corrected chi connectivity index (χ0v) is 14.6. The lowest BCUT2D eigenvalue weighted by Crippen LogP contribution is -2.38. The Morgan fingerprint density at radius 3 is 2.42 bits per heavy atom. The minimum absolute atomic E-state index is 0.0984. The van der Waals surface area contributed by atoms with Gasteiger partial charge in [-0.25, -0.2) is 4.79 Å². The Morgan fingerprint density at radius 1 is 1.15 bits per heavy atom. The number of methoxy groups -OCH3 is 1. The Kier molecular flexibility index (Phi) is 4.24. The lowest BCUT2D eigenvalue weighted by molar-refractivity contribution is -0.0893. The van der Waals surface area contributed by atoms with Gasteiger partial charge in [0.2, 0.25) is 0 Å². The first-order chi connectivity index (χ1) is 12.5. The van der Waals surface area contributed by atoms with Gasteiger partial charge in [-0.15, -0.1) is 0 Å². The molecule has 1 aliphatic heterocycles. The molecule has 140 valence electrons. The molecule has 8 heteroatoms. The summed E-state index contributed by atoms with van der Waals surface area (Å²) in [7, 11) is 1.55. The van der Waals surface area contributed by atoms with Gasteiger partial charge in [-0.1, -0.05) is 0 Å². The molecule has 1 aromatic heterocycles. The molecule has 1 aromatic carbocycles. The van der Waals surface area contributed by atoms with Crippen LogP contribution in [0.5, 0.6) is 5.75 Å². The fraction of sp³-hybridized carbons (Fsp3) is 0.556. The number of anilines is 1. The van der Waals surface area contributed by atoms with E-state index in [1.165, 1.54) is 0 Å². The molecule has 1 saturated carbocycles. The maximum absolute atomic E-state index is 12.4. The number of aromatic amines is 1. The van der Waals surface area contributed by atoms with Crippen molar-refractivity contribution in [1.29, 1.82) is 0 Å². The smallest absolute Gasteiger partial charge is 0.329 e. The number of nitrogens with zero attached hydrogens (tertiary/aromatic N) is 2. The fourth-order valence-electron chi connectivity index (χ4n) is 3.88. The van der Waals surface area contributed by atoms with Crippen molar-refractivity contribution in [2.45, 2.75) is 38.0 Å². The fourth-order valence-corrected chi connectivity index (χ4v) is 3.88. The second-order valence-corrected chi connectivity index (χ2v) is 7.11. The van der Waals surface area contributed by atoms with Crippen LogP contribution in [0.4, 0.5) is 5.69 Å². The molecule has 2 aliphatic rings. The first kappa shape index (κ1) is 17.1. The Balaban J connectivity index is 1.83. The highest BCUT2D eigenvalue weighted by molar-refractivity contribution is 5.90.